The Balaban J connectivity index is 2.24. The van der Waals surface area contributed by atoms with Crippen LogP contribution in [-0.2, 0) is 16.1 Å². The number of nitrogens with zero attached hydrogens (tertiary/aromatic N) is 1. The molecule has 0 amide bonds. The van der Waals surface area contributed by atoms with Gasteiger partial charge in [0.1, 0.15) is 0 Å². The topological polar surface area (TPSA) is 68.5 Å². The van der Waals surface area contributed by atoms with E-state index in [1.807, 2.05) is 6.07 Å². The van der Waals surface area contributed by atoms with Gasteiger partial charge in [-0.1, -0.05) is 30.3 Å². The van der Waals surface area contributed by atoms with E-state index >= 15 is 0 Å². The number of hydrogen-bond donors (Lipinski definition) is 1. The van der Waals surface area contributed by atoms with Gasteiger partial charge in [0.15, 0.2) is 5.78 Å². The Labute approximate surface area is 129 Å². The van der Waals surface area contributed by atoms with Crippen molar-refractivity contribution in [2.24, 2.45) is 7.05 Å². The monoisotopic (exact) mass is 319 g/mol. The molecule has 0 aliphatic rings. The molecule has 116 valence electrons. The molecule has 1 heterocycles. The van der Waals surface area contributed by atoms with E-state index in [2.05, 4.69) is 0 Å². The summed E-state index contributed by atoms with van der Waals surface area (Å²) in [7, 11) is -1.96. The van der Waals surface area contributed by atoms with Crippen LogP contribution < -0.4 is 0 Å². The first-order valence-electron chi connectivity index (χ1n) is 6.85. The normalized spacial score (nSPS) is 14.1. The Bertz CT molecular complexity index is 734. The SMILES string of the molecule is CCOP(=O)(O)/C=C/c1cc(C(=O)c2ccccc2)cn1C. The summed E-state index contributed by atoms with van der Waals surface area (Å²) in [4.78, 5) is 21.9. The first kappa shape index (κ1) is 16.4. The molecule has 1 N–H and O–H groups in total. The van der Waals surface area contributed by atoms with Crippen molar-refractivity contribution in [2.45, 2.75) is 6.92 Å². The number of aromatic nitrogens is 1. The summed E-state index contributed by atoms with van der Waals surface area (Å²) in [5.41, 5.74) is 1.77. The van der Waals surface area contributed by atoms with Crippen molar-refractivity contribution in [3.63, 3.8) is 0 Å². The lowest BCUT2D eigenvalue weighted by atomic mass is 10.1. The van der Waals surface area contributed by atoms with Gasteiger partial charge >= 0.3 is 7.60 Å². The van der Waals surface area contributed by atoms with Gasteiger partial charge in [0.2, 0.25) is 0 Å². The van der Waals surface area contributed by atoms with Crippen molar-refractivity contribution in [3.8, 4) is 0 Å². The number of benzene rings is 1. The van der Waals surface area contributed by atoms with Crippen molar-refractivity contribution < 1.29 is 18.8 Å². The Morgan fingerprint density at radius 3 is 2.64 bits per heavy atom. The van der Waals surface area contributed by atoms with Crippen LogP contribution in [0.5, 0.6) is 0 Å². The van der Waals surface area contributed by atoms with E-state index in [0.717, 1.165) is 5.82 Å². The Morgan fingerprint density at radius 1 is 1.32 bits per heavy atom. The second-order valence-corrected chi connectivity index (χ2v) is 6.44. The predicted octanol–water partition coefficient (Wildman–Crippen LogP) is 3.45. The van der Waals surface area contributed by atoms with Gasteiger partial charge in [-0.3, -0.25) is 9.36 Å². The fourth-order valence-electron chi connectivity index (χ4n) is 2.03. The molecule has 0 saturated carbocycles. The van der Waals surface area contributed by atoms with E-state index in [4.69, 9.17) is 4.52 Å². The van der Waals surface area contributed by atoms with Crippen LogP contribution in [0.3, 0.4) is 0 Å². The minimum atomic E-state index is -3.73. The van der Waals surface area contributed by atoms with E-state index in [9.17, 15) is 14.3 Å². The minimum absolute atomic E-state index is 0.0900. The van der Waals surface area contributed by atoms with Gasteiger partial charge in [-0.2, -0.15) is 0 Å². The Kier molecular flexibility index (Phi) is 5.14. The van der Waals surface area contributed by atoms with Crippen LogP contribution in [0.4, 0.5) is 0 Å². The molecule has 22 heavy (non-hydrogen) atoms. The zero-order valence-electron chi connectivity index (χ0n) is 12.5. The van der Waals surface area contributed by atoms with Gasteiger partial charge in [-0.15, -0.1) is 0 Å². The van der Waals surface area contributed by atoms with Crippen LogP contribution in [0.15, 0.2) is 48.4 Å². The standard InChI is InChI=1S/C16H18NO4P/c1-3-21-22(19,20)10-9-15-11-14(12-17(15)2)16(18)13-7-5-4-6-8-13/h4-12H,3H2,1-2H3,(H,19,20)/b10-9+. The predicted molar refractivity (Wildman–Crippen MR) is 85.8 cm³/mol. The van der Waals surface area contributed by atoms with E-state index < -0.39 is 7.60 Å². The molecule has 2 aromatic rings. The lowest BCUT2D eigenvalue weighted by molar-refractivity contribution is 0.103. The highest BCUT2D eigenvalue weighted by atomic mass is 31.2. The zero-order chi connectivity index (χ0) is 16.2. The second kappa shape index (κ2) is 6.88. The molecule has 0 aliphatic carbocycles. The fraction of sp³-hybridized carbons (Fsp3) is 0.188. The quantitative estimate of drug-likeness (QED) is 0.654. The second-order valence-electron chi connectivity index (χ2n) is 4.76. The Hall–Kier alpha value is -1.94. The summed E-state index contributed by atoms with van der Waals surface area (Å²) >= 11 is 0. The molecular weight excluding hydrogens is 301 g/mol. The van der Waals surface area contributed by atoms with Crippen LogP contribution in [0.2, 0.25) is 0 Å². The van der Waals surface area contributed by atoms with Crippen molar-refractivity contribution >= 4 is 19.5 Å². The number of aryl methyl sites for hydroxylation is 1. The maximum Gasteiger partial charge on any atom is 0.351 e. The molecular formula is C16H18NO4P. The molecule has 5 nitrogen and oxygen atoms in total. The average Bonchev–Trinajstić information content (AvgIpc) is 2.86. The summed E-state index contributed by atoms with van der Waals surface area (Å²) in [5.74, 6) is 1.04. The van der Waals surface area contributed by atoms with Gasteiger partial charge in [-0.05, 0) is 19.1 Å². The van der Waals surface area contributed by atoms with Crippen LogP contribution >= 0.6 is 7.60 Å². The van der Waals surface area contributed by atoms with Crippen molar-refractivity contribution in [3.05, 3.63) is 65.2 Å². The van der Waals surface area contributed by atoms with Crippen LogP contribution in [-0.4, -0.2) is 21.9 Å². The van der Waals surface area contributed by atoms with Gasteiger partial charge < -0.3 is 14.0 Å². The third-order valence-electron chi connectivity index (χ3n) is 3.09. The maximum atomic E-state index is 12.3. The number of rotatable bonds is 6. The first-order chi connectivity index (χ1) is 10.4. The highest BCUT2D eigenvalue weighted by Crippen LogP contribution is 2.43. The lowest BCUT2D eigenvalue weighted by Crippen LogP contribution is -1.99. The molecule has 0 saturated heterocycles. The number of hydrogen-bond acceptors (Lipinski definition) is 3. The number of carbonyl (C=O) groups is 1. The first-order valence-corrected chi connectivity index (χ1v) is 8.50. The van der Waals surface area contributed by atoms with Gasteiger partial charge in [0.25, 0.3) is 0 Å². The smallest absolute Gasteiger partial charge is 0.350 e. The summed E-state index contributed by atoms with van der Waals surface area (Å²) in [6.45, 7) is 1.80. The molecule has 0 bridgehead atoms. The fourth-order valence-corrected chi connectivity index (χ4v) is 2.82. The molecule has 2 rings (SSSR count). The zero-order valence-corrected chi connectivity index (χ0v) is 13.4. The van der Waals surface area contributed by atoms with Gasteiger partial charge in [-0.25, -0.2) is 0 Å². The maximum absolute atomic E-state index is 12.3. The molecule has 1 unspecified atom stereocenters. The van der Waals surface area contributed by atoms with Gasteiger partial charge in [0.05, 0.1) is 6.61 Å². The van der Waals surface area contributed by atoms with E-state index in [-0.39, 0.29) is 12.4 Å². The highest BCUT2D eigenvalue weighted by molar-refractivity contribution is 7.56. The summed E-state index contributed by atoms with van der Waals surface area (Å²) < 4.78 is 18.1. The van der Waals surface area contributed by atoms with Crippen LogP contribution in [0.1, 0.15) is 28.5 Å². The molecule has 6 heteroatoms. The van der Waals surface area contributed by atoms with Crippen LogP contribution in [0, 0.1) is 0 Å². The molecule has 0 fully saturated rings. The molecule has 1 aromatic heterocycles. The molecule has 1 aromatic carbocycles. The number of carbonyl (C=O) groups excluding carboxylic acids is 1. The molecule has 1 atom stereocenters. The molecule has 0 spiro atoms. The van der Waals surface area contributed by atoms with Gasteiger partial charge in [0, 0.05) is 35.9 Å². The van der Waals surface area contributed by atoms with E-state index in [1.165, 1.54) is 6.08 Å². The highest BCUT2D eigenvalue weighted by Gasteiger charge is 2.15. The summed E-state index contributed by atoms with van der Waals surface area (Å²) in [6, 6.07) is 10.6. The number of ketones is 1. The summed E-state index contributed by atoms with van der Waals surface area (Å²) in [5, 5.41) is 0. The van der Waals surface area contributed by atoms with E-state index in [0.29, 0.717) is 16.8 Å². The molecule has 0 aliphatic heterocycles. The van der Waals surface area contributed by atoms with Crippen molar-refractivity contribution in [2.75, 3.05) is 6.61 Å². The van der Waals surface area contributed by atoms with E-state index in [1.54, 1.807) is 55.1 Å². The largest absolute Gasteiger partial charge is 0.351 e. The molecule has 0 radical (unpaired) electrons. The average molecular weight is 319 g/mol. The minimum Gasteiger partial charge on any atom is -0.350 e. The van der Waals surface area contributed by atoms with Crippen molar-refractivity contribution in [1.82, 2.24) is 4.57 Å². The third kappa shape index (κ3) is 4.04. The lowest BCUT2D eigenvalue weighted by Gasteiger charge is -2.04. The Morgan fingerprint density at radius 2 is 2.00 bits per heavy atom. The summed E-state index contributed by atoms with van der Waals surface area (Å²) in [6.07, 6.45) is 3.18. The van der Waals surface area contributed by atoms with Crippen molar-refractivity contribution in [1.29, 1.82) is 0 Å². The van der Waals surface area contributed by atoms with Crippen LogP contribution in [0.25, 0.3) is 6.08 Å². The third-order valence-corrected chi connectivity index (χ3v) is 4.24.